The van der Waals surface area contributed by atoms with Crippen LogP contribution in [0, 0.1) is 5.82 Å². The van der Waals surface area contributed by atoms with Crippen molar-refractivity contribution in [3.05, 3.63) is 59.4 Å². The Morgan fingerprint density at radius 2 is 1.80 bits per heavy atom. The van der Waals surface area contributed by atoms with Gasteiger partial charge in [-0.1, -0.05) is 26.0 Å². The number of carboxylic acid groups (broad SMARTS) is 1. The van der Waals surface area contributed by atoms with Crippen LogP contribution in [-0.2, 0) is 0 Å². The van der Waals surface area contributed by atoms with Crippen LogP contribution in [-0.4, -0.2) is 11.1 Å². The van der Waals surface area contributed by atoms with Gasteiger partial charge in [-0.05, 0) is 41.8 Å². The predicted molar refractivity (Wildman–Crippen MR) is 77.2 cm³/mol. The first kappa shape index (κ1) is 14.1. The maximum atomic E-state index is 13.8. The molecule has 2 N–H and O–H groups in total. The van der Waals surface area contributed by atoms with Gasteiger partial charge in [0.1, 0.15) is 5.82 Å². The number of hydrogen-bond donors (Lipinski definition) is 2. The zero-order valence-corrected chi connectivity index (χ0v) is 11.4. The van der Waals surface area contributed by atoms with Crippen LogP contribution in [0.3, 0.4) is 0 Å². The van der Waals surface area contributed by atoms with Crippen molar-refractivity contribution < 1.29 is 14.3 Å². The van der Waals surface area contributed by atoms with E-state index in [1.807, 2.05) is 24.3 Å². The lowest BCUT2D eigenvalue weighted by Gasteiger charge is -2.10. The van der Waals surface area contributed by atoms with Gasteiger partial charge in [-0.3, -0.25) is 0 Å². The number of nitrogens with one attached hydrogen (secondary N) is 1. The van der Waals surface area contributed by atoms with Crippen LogP contribution in [0.2, 0.25) is 0 Å². The fourth-order valence-electron chi connectivity index (χ4n) is 1.86. The highest BCUT2D eigenvalue weighted by molar-refractivity contribution is 5.88. The smallest absolute Gasteiger partial charge is 0.335 e. The molecule has 0 spiro atoms. The number of benzene rings is 2. The Labute approximate surface area is 117 Å². The lowest BCUT2D eigenvalue weighted by Crippen LogP contribution is -2.00. The highest BCUT2D eigenvalue weighted by Gasteiger charge is 2.08. The molecule has 0 aliphatic carbocycles. The van der Waals surface area contributed by atoms with E-state index >= 15 is 0 Å². The molecule has 4 heteroatoms. The summed E-state index contributed by atoms with van der Waals surface area (Å²) in [6.45, 7) is 4.21. The second-order valence-electron chi connectivity index (χ2n) is 4.90. The van der Waals surface area contributed by atoms with E-state index < -0.39 is 11.8 Å². The molecule has 0 unspecified atom stereocenters. The van der Waals surface area contributed by atoms with E-state index in [0.717, 1.165) is 11.8 Å². The Morgan fingerprint density at radius 1 is 1.15 bits per heavy atom. The van der Waals surface area contributed by atoms with Gasteiger partial charge in [0.15, 0.2) is 0 Å². The fourth-order valence-corrected chi connectivity index (χ4v) is 1.86. The van der Waals surface area contributed by atoms with E-state index in [0.29, 0.717) is 5.92 Å². The van der Waals surface area contributed by atoms with Crippen LogP contribution >= 0.6 is 0 Å². The van der Waals surface area contributed by atoms with Gasteiger partial charge in [0.25, 0.3) is 0 Å². The van der Waals surface area contributed by atoms with Gasteiger partial charge >= 0.3 is 5.97 Å². The van der Waals surface area contributed by atoms with Crippen molar-refractivity contribution >= 4 is 17.3 Å². The van der Waals surface area contributed by atoms with Crippen LogP contribution in [0.15, 0.2) is 42.5 Å². The van der Waals surface area contributed by atoms with Crippen molar-refractivity contribution in [1.82, 2.24) is 0 Å². The maximum absolute atomic E-state index is 13.8. The quantitative estimate of drug-likeness (QED) is 0.868. The molecule has 0 aliphatic heterocycles. The average molecular weight is 273 g/mol. The van der Waals surface area contributed by atoms with Gasteiger partial charge in [-0.25, -0.2) is 9.18 Å². The SMILES string of the molecule is CC(C)c1ccc(Nc2ccc(C(=O)O)cc2F)cc1. The highest BCUT2D eigenvalue weighted by Crippen LogP contribution is 2.23. The zero-order valence-electron chi connectivity index (χ0n) is 11.4. The first-order chi connectivity index (χ1) is 9.47. The van der Waals surface area contributed by atoms with Gasteiger partial charge in [-0.15, -0.1) is 0 Å². The summed E-state index contributed by atoms with van der Waals surface area (Å²) < 4.78 is 13.8. The third kappa shape index (κ3) is 3.15. The lowest BCUT2D eigenvalue weighted by atomic mass is 10.0. The Bertz CT molecular complexity index is 621. The number of halogens is 1. The van der Waals surface area contributed by atoms with E-state index in [4.69, 9.17) is 5.11 Å². The second-order valence-corrected chi connectivity index (χ2v) is 4.90. The van der Waals surface area contributed by atoms with Gasteiger partial charge < -0.3 is 10.4 Å². The van der Waals surface area contributed by atoms with E-state index in [2.05, 4.69) is 19.2 Å². The van der Waals surface area contributed by atoms with Crippen molar-refractivity contribution in [2.24, 2.45) is 0 Å². The van der Waals surface area contributed by atoms with E-state index in [-0.39, 0.29) is 11.3 Å². The largest absolute Gasteiger partial charge is 0.478 e. The predicted octanol–water partition coefficient (Wildman–Crippen LogP) is 4.39. The molecular formula is C16H16FNO2. The van der Waals surface area contributed by atoms with Crippen LogP contribution in [0.4, 0.5) is 15.8 Å². The molecule has 0 radical (unpaired) electrons. The number of carbonyl (C=O) groups is 1. The monoisotopic (exact) mass is 273 g/mol. The summed E-state index contributed by atoms with van der Waals surface area (Å²) >= 11 is 0. The minimum atomic E-state index is -1.14. The number of carboxylic acids is 1. The van der Waals surface area contributed by atoms with E-state index in [1.54, 1.807) is 0 Å². The first-order valence-electron chi connectivity index (χ1n) is 6.37. The topological polar surface area (TPSA) is 49.3 Å². The number of anilines is 2. The van der Waals surface area contributed by atoms with Crippen molar-refractivity contribution in [1.29, 1.82) is 0 Å². The Balaban J connectivity index is 2.19. The van der Waals surface area contributed by atoms with Gasteiger partial charge in [0.05, 0.1) is 11.3 Å². The van der Waals surface area contributed by atoms with Gasteiger partial charge in [0, 0.05) is 5.69 Å². The summed E-state index contributed by atoms with van der Waals surface area (Å²) in [5.74, 6) is -1.29. The number of rotatable bonds is 4. The maximum Gasteiger partial charge on any atom is 0.335 e. The van der Waals surface area contributed by atoms with Crippen LogP contribution in [0.25, 0.3) is 0 Å². The molecule has 0 bridgehead atoms. The molecule has 0 atom stereocenters. The fraction of sp³-hybridized carbons (Fsp3) is 0.188. The minimum absolute atomic E-state index is 0.0665. The molecule has 0 fully saturated rings. The minimum Gasteiger partial charge on any atom is -0.478 e. The molecule has 0 aliphatic rings. The van der Waals surface area contributed by atoms with Crippen molar-refractivity contribution in [3.8, 4) is 0 Å². The number of hydrogen-bond acceptors (Lipinski definition) is 2. The number of aromatic carboxylic acids is 1. The van der Waals surface area contributed by atoms with Crippen molar-refractivity contribution in [3.63, 3.8) is 0 Å². The molecule has 0 amide bonds. The van der Waals surface area contributed by atoms with E-state index in [9.17, 15) is 9.18 Å². The molecule has 2 aromatic rings. The molecule has 2 aromatic carbocycles. The zero-order chi connectivity index (χ0) is 14.7. The summed E-state index contributed by atoms with van der Waals surface area (Å²) in [7, 11) is 0. The van der Waals surface area contributed by atoms with Crippen molar-refractivity contribution in [2.75, 3.05) is 5.32 Å². The molecule has 104 valence electrons. The molecule has 2 rings (SSSR count). The molecule has 0 heterocycles. The highest BCUT2D eigenvalue weighted by atomic mass is 19.1. The summed E-state index contributed by atoms with van der Waals surface area (Å²) in [5, 5.41) is 11.7. The molecule has 0 saturated heterocycles. The normalized spacial score (nSPS) is 10.6. The molecule has 20 heavy (non-hydrogen) atoms. The average Bonchev–Trinajstić information content (AvgIpc) is 2.41. The third-order valence-corrected chi connectivity index (χ3v) is 3.07. The van der Waals surface area contributed by atoms with Crippen LogP contribution in [0.1, 0.15) is 35.7 Å². The summed E-state index contributed by atoms with van der Waals surface area (Å²) in [4.78, 5) is 10.7. The standard InChI is InChI=1S/C16H16FNO2/c1-10(2)11-3-6-13(7-4-11)18-15-8-5-12(16(19)20)9-14(15)17/h3-10,18H,1-2H3,(H,19,20). The molecule has 0 aromatic heterocycles. The lowest BCUT2D eigenvalue weighted by molar-refractivity contribution is 0.0696. The molecular weight excluding hydrogens is 257 g/mol. The summed E-state index contributed by atoms with van der Waals surface area (Å²) in [6, 6.07) is 11.5. The van der Waals surface area contributed by atoms with Crippen LogP contribution in [0.5, 0.6) is 0 Å². The second kappa shape index (κ2) is 5.74. The Kier molecular flexibility index (Phi) is 4.03. The van der Waals surface area contributed by atoms with E-state index in [1.165, 1.54) is 17.7 Å². The Hall–Kier alpha value is -2.36. The summed E-state index contributed by atoms with van der Waals surface area (Å²) in [5.41, 5.74) is 2.16. The third-order valence-electron chi connectivity index (χ3n) is 3.07. The van der Waals surface area contributed by atoms with Crippen molar-refractivity contribution in [2.45, 2.75) is 19.8 Å². The molecule has 3 nitrogen and oxygen atoms in total. The molecule has 0 saturated carbocycles. The summed E-state index contributed by atoms with van der Waals surface area (Å²) in [6.07, 6.45) is 0. The first-order valence-corrected chi connectivity index (χ1v) is 6.37. The Morgan fingerprint density at radius 3 is 2.30 bits per heavy atom. The van der Waals surface area contributed by atoms with Gasteiger partial charge in [-0.2, -0.15) is 0 Å². The van der Waals surface area contributed by atoms with Gasteiger partial charge in [0.2, 0.25) is 0 Å². The van der Waals surface area contributed by atoms with Crippen LogP contribution < -0.4 is 5.32 Å².